The highest BCUT2D eigenvalue weighted by atomic mass is 79.9. The van der Waals surface area contributed by atoms with Gasteiger partial charge in [-0.1, -0.05) is 45.2 Å². The fourth-order valence-electron chi connectivity index (χ4n) is 2.17. The smallest absolute Gasteiger partial charge is 0.134 e. The molecule has 5 heteroatoms. The maximum atomic E-state index is 6.18. The summed E-state index contributed by atoms with van der Waals surface area (Å²) in [7, 11) is 0. The fourth-order valence-corrected chi connectivity index (χ4v) is 3.06. The summed E-state index contributed by atoms with van der Waals surface area (Å²) in [5, 5.41) is 5.54. The van der Waals surface area contributed by atoms with E-state index in [4.69, 9.17) is 27.6 Å². The Hall–Kier alpha value is -1.16. The number of hydrogen-bond donors (Lipinski definition) is 1. The first-order valence-electron chi connectivity index (χ1n) is 6.44. The van der Waals surface area contributed by atoms with Crippen molar-refractivity contribution in [3.05, 3.63) is 62.7 Å². The number of rotatable bonds is 3. The van der Waals surface area contributed by atoms with Crippen molar-refractivity contribution in [1.29, 1.82) is 0 Å². The molecule has 0 aliphatic carbocycles. The van der Waals surface area contributed by atoms with Gasteiger partial charge in [-0.15, -0.1) is 0 Å². The molecule has 0 fully saturated rings. The molecule has 21 heavy (non-hydrogen) atoms. The average molecular weight is 385 g/mol. The number of para-hydroxylation sites is 1. The zero-order valence-electron chi connectivity index (χ0n) is 11.2. The molecule has 1 N–H and O–H groups in total. The van der Waals surface area contributed by atoms with Gasteiger partial charge in [0.25, 0.3) is 0 Å². The molecule has 0 aliphatic heterocycles. The van der Waals surface area contributed by atoms with Gasteiger partial charge in [0.05, 0.1) is 21.8 Å². The Balaban J connectivity index is 1.91. The van der Waals surface area contributed by atoms with Crippen molar-refractivity contribution in [3.8, 4) is 0 Å². The SMILES string of the molecule is CC(Nc1c(Cl)cccc1Cl)c1cc2cc(Br)ccc2o1. The van der Waals surface area contributed by atoms with E-state index in [1.165, 1.54) is 0 Å². The molecule has 3 aromatic rings. The molecule has 1 atom stereocenters. The van der Waals surface area contributed by atoms with Crippen molar-refractivity contribution >= 4 is 55.8 Å². The van der Waals surface area contributed by atoms with Crippen LogP contribution in [0.15, 0.2) is 51.4 Å². The van der Waals surface area contributed by atoms with E-state index in [2.05, 4.69) is 21.2 Å². The van der Waals surface area contributed by atoms with Crippen LogP contribution in [0.1, 0.15) is 18.7 Å². The number of benzene rings is 2. The van der Waals surface area contributed by atoms with E-state index in [0.717, 1.165) is 26.9 Å². The molecule has 0 bridgehead atoms. The van der Waals surface area contributed by atoms with Crippen LogP contribution in [0.3, 0.4) is 0 Å². The van der Waals surface area contributed by atoms with Gasteiger partial charge in [-0.25, -0.2) is 0 Å². The summed E-state index contributed by atoms with van der Waals surface area (Å²) >= 11 is 15.8. The monoisotopic (exact) mass is 383 g/mol. The van der Waals surface area contributed by atoms with Gasteiger partial charge in [0.1, 0.15) is 11.3 Å². The predicted molar refractivity (Wildman–Crippen MR) is 92.4 cm³/mol. The Labute approximate surface area is 141 Å². The first kappa shape index (κ1) is 14.8. The maximum absolute atomic E-state index is 6.18. The zero-order chi connectivity index (χ0) is 15.0. The number of hydrogen-bond acceptors (Lipinski definition) is 2. The molecule has 0 saturated heterocycles. The van der Waals surface area contributed by atoms with E-state index in [0.29, 0.717) is 10.0 Å². The molecule has 0 radical (unpaired) electrons. The van der Waals surface area contributed by atoms with Crippen LogP contribution in [-0.2, 0) is 0 Å². The van der Waals surface area contributed by atoms with Crippen molar-refractivity contribution in [1.82, 2.24) is 0 Å². The lowest BCUT2D eigenvalue weighted by Crippen LogP contribution is -2.06. The molecular formula is C16H12BrCl2NO. The average Bonchev–Trinajstić information content (AvgIpc) is 2.86. The van der Waals surface area contributed by atoms with Crippen molar-refractivity contribution in [2.24, 2.45) is 0 Å². The molecule has 2 nitrogen and oxygen atoms in total. The normalized spacial score (nSPS) is 12.6. The molecular weight excluding hydrogens is 373 g/mol. The van der Waals surface area contributed by atoms with Crippen molar-refractivity contribution in [3.63, 3.8) is 0 Å². The highest BCUT2D eigenvalue weighted by Crippen LogP contribution is 2.34. The van der Waals surface area contributed by atoms with Crippen LogP contribution < -0.4 is 5.32 Å². The molecule has 108 valence electrons. The van der Waals surface area contributed by atoms with Gasteiger partial charge in [-0.2, -0.15) is 0 Å². The molecule has 0 spiro atoms. The third kappa shape index (κ3) is 3.05. The predicted octanol–water partition coefficient (Wildman–Crippen LogP) is 6.68. The standard InChI is InChI=1S/C16H12BrCl2NO/c1-9(20-16-12(18)3-2-4-13(16)19)15-8-10-7-11(17)5-6-14(10)21-15/h2-9,20H,1H3. The Morgan fingerprint density at radius 1 is 1.10 bits per heavy atom. The molecule has 2 aromatic carbocycles. The molecule has 3 rings (SSSR count). The van der Waals surface area contributed by atoms with Crippen LogP contribution >= 0.6 is 39.1 Å². The van der Waals surface area contributed by atoms with Gasteiger partial charge in [0.2, 0.25) is 0 Å². The largest absolute Gasteiger partial charge is 0.459 e. The number of fused-ring (bicyclic) bond motifs is 1. The summed E-state index contributed by atoms with van der Waals surface area (Å²) in [5.74, 6) is 0.832. The number of anilines is 1. The second kappa shape index (κ2) is 5.91. The minimum atomic E-state index is -0.0476. The third-order valence-corrected chi connectivity index (χ3v) is 4.37. The van der Waals surface area contributed by atoms with Crippen LogP contribution in [0, 0.1) is 0 Å². The first-order valence-corrected chi connectivity index (χ1v) is 7.99. The van der Waals surface area contributed by atoms with E-state index >= 15 is 0 Å². The van der Waals surface area contributed by atoms with Gasteiger partial charge in [-0.3, -0.25) is 0 Å². The van der Waals surface area contributed by atoms with Gasteiger partial charge in [0.15, 0.2) is 0 Å². The van der Waals surface area contributed by atoms with E-state index in [-0.39, 0.29) is 6.04 Å². The quantitative estimate of drug-likeness (QED) is 0.545. The number of nitrogens with one attached hydrogen (secondary N) is 1. The number of halogens is 3. The Bertz CT molecular complexity index is 780. The van der Waals surface area contributed by atoms with E-state index < -0.39 is 0 Å². The summed E-state index contributed by atoms with van der Waals surface area (Å²) in [4.78, 5) is 0. The lowest BCUT2D eigenvalue weighted by atomic mass is 10.2. The zero-order valence-corrected chi connectivity index (χ0v) is 14.3. The van der Waals surface area contributed by atoms with Gasteiger partial charge in [0, 0.05) is 9.86 Å². The summed E-state index contributed by atoms with van der Waals surface area (Å²) in [6.45, 7) is 2.01. The summed E-state index contributed by atoms with van der Waals surface area (Å²) < 4.78 is 6.89. The molecule has 0 aliphatic rings. The van der Waals surface area contributed by atoms with Gasteiger partial charge < -0.3 is 9.73 Å². The Kier molecular flexibility index (Phi) is 4.16. The van der Waals surface area contributed by atoms with Crippen molar-refractivity contribution in [2.75, 3.05) is 5.32 Å². The minimum absolute atomic E-state index is 0.0476. The number of furan rings is 1. The second-order valence-electron chi connectivity index (χ2n) is 4.79. The van der Waals surface area contributed by atoms with Gasteiger partial charge >= 0.3 is 0 Å². The Morgan fingerprint density at radius 2 is 1.81 bits per heavy atom. The van der Waals surface area contributed by atoms with Crippen LogP contribution in [0.5, 0.6) is 0 Å². The maximum Gasteiger partial charge on any atom is 0.134 e. The second-order valence-corrected chi connectivity index (χ2v) is 6.52. The van der Waals surface area contributed by atoms with E-state index in [9.17, 15) is 0 Å². The van der Waals surface area contributed by atoms with Crippen molar-refractivity contribution < 1.29 is 4.42 Å². The topological polar surface area (TPSA) is 25.2 Å². The van der Waals surface area contributed by atoms with Crippen LogP contribution in [0.4, 0.5) is 5.69 Å². The Morgan fingerprint density at radius 3 is 2.52 bits per heavy atom. The molecule has 0 saturated carbocycles. The third-order valence-electron chi connectivity index (χ3n) is 3.25. The molecule has 0 amide bonds. The van der Waals surface area contributed by atoms with Crippen molar-refractivity contribution in [2.45, 2.75) is 13.0 Å². The molecule has 1 heterocycles. The van der Waals surface area contributed by atoms with Crippen LogP contribution in [0.25, 0.3) is 11.0 Å². The molecule has 1 unspecified atom stereocenters. The van der Waals surface area contributed by atoms with E-state index in [1.54, 1.807) is 12.1 Å². The van der Waals surface area contributed by atoms with Crippen LogP contribution in [-0.4, -0.2) is 0 Å². The highest BCUT2D eigenvalue weighted by Gasteiger charge is 2.14. The van der Waals surface area contributed by atoms with Gasteiger partial charge in [-0.05, 0) is 43.3 Å². The lowest BCUT2D eigenvalue weighted by Gasteiger charge is -2.15. The lowest BCUT2D eigenvalue weighted by molar-refractivity contribution is 0.526. The summed E-state index contributed by atoms with van der Waals surface area (Å²) in [6, 6.07) is 13.3. The first-order chi connectivity index (χ1) is 10.0. The summed E-state index contributed by atoms with van der Waals surface area (Å²) in [5.41, 5.74) is 1.57. The molecule has 1 aromatic heterocycles. The van der Waals surface area contributed by atoms with Crippen LogP contribution in [0.2, 0.25) is 10.0 Å². The van der Waals surface area contributed by atoms with E-state index in [1.807, 2.05) is 37.3 Å². The highest BCUT2D eigenvalue weighted by molar-refractivity contribution is 9.10. The minimum Gasteiger partial charge on any atom is -0.459 e. The fraction of sp³-hybridized carbons (Fsp3) is 0.125. The summed E-state index contributed by atoms with van der Waals surface area (Å²) in [6.07, 6.45) is 0.